The number of aromatic nitrogens is 8. The molecule has 0 fully saturated rings. The van der Waals surface area contributed by atoms with Crippen LogP contribution in [0.15, 0.2) is 514 Å². The van der Waals surface area contributed by atoms with Gasteiger partial charge in [0.05, 0.1) is 77.7 Å². The lowest BCUT2D eigenvalue weighted by atomic mass is 9.67. The van der Waals surface area contributed by atoms with Crippen molar-refractivity contribution in [1.29, 1.82) is 0 Å². The van der Waals surface area contributed by atoms with Crippen LogP contribution < -0.4 is 0 Å². The number of benzene rings is 23. The third kappa shape index (κ3) is 13.0. The highest BCUT2D eigenvalue weighted by Crippen LogP contribution is 2.61. The van der Waals surface area contributed by atoms with Crippen molar-refractivity contribution in [2.45, 2.75) is 24.7 Å². The van der Waals surface area contributed by atoms with E-state index in [1.54, 1.807) is 0 Å². The summed E-state index contributed by atoms with van der Waals surface area (Å²) < 4.78 is 16.1. The summed E-state index contributed by atoms with van der Waals surface area (Å²) in [4.78, 5) is 21.2. The van der Waals surface area contributed by atoms with Crippen molar-refractivity contribution in [1.82, 2.24) is 38.2 Å². The fourth-order valence-electron chi connectivity index (χ4n) is 25.3. The zero-order valence-electron chi connectivity index (χ0n) is 81.5. The van der Waals surface area contributed by atoms with Gasteiger partial charge in [0, 0.05) is 104 Å². The van der Waals surface area contributed by atoms with Crippen LogP contribution in [0.1, 0.15) is 47.2 Å². The standard InChI is InChI=1S/C53H33NO.C48H30N4.C39H27N3/c1-3-18-37(19-4-1)53(38-20-5-2-6-21-38)46-30-29-43-41-23-9-11-27-48(41)54(51(43)50(46)45-32-34-15-7-8-16-35(34)33-47(45)53)39-22-13-17-36(31-39)40-25-14-26-44-42-24-10-12-28-49(42)55-52(40)44;1-3-15-31(16-4-1)34-20-10-13-25-39(34)51-40-26-14-11-23-37(40)45-41(51)29-30-43-46(45)44-35-21-8-7-17-32(35)27-28-42(44)52(43)48-49-38-24-12-9-22-36(38)47(50-48)33-18-5-2-6-19-33;1-39(2)31-18-10-8-16-27(31)29-22-30-35(23-32(29)39)42(34-21-20-24-12-6-7-15-26(24)36(30)34)38-40-33-19-11-9-17-28(33)37(41-38)25-13-4-3-5-14-25/h1-33H;1-30H;3-23H,1-2H3. The van der Waals surface area contributed by atoms with E-state index >= 15 is 0 Å². The third-order valence-electron chi connectivity index (χ3n) is 31.8. The van der Waals surface area contributed by atoms with Crippen LogP contribution >= 0.6 is 0 Å². The van der Waals surface area contributed by atoms with E-state index in [4.69, 9.17) is 24.4 Å². The minimum Gasteiger partial charge on any atom is -0.455 e. The number of hydrogen-bond donors (Lipinski definition) is 0. The Bertz CT molecular complexity index is 10800. The zero-order chi connectivity index (χ0) is 98.3. The first-order valence-corrected chi connectivity index (χ1v) is 51.2. The Morgan fingerprint density at radius 2 is 0.685 bits per heavy atom. The van der Waals surface area contributed by atoms with E-state index in [0.717, 1.165) is 116 Å². The van der Waals surface area contributed by atoms with Crippen molar-refractivity contribution in [3.8, 4) is 90.3 Å². The van der Waals surface area contributed by atoms with E-state index in [1.165, 1.54) is 159 Å². The molecule has 0 N–H and O–H groups in total. The third-order valence-corrected chi connectivity index (χ3v) is 31.8. The van der Waals surface area contributed by atoms with Gasteiger partial charge in [-0.1, -0.05) is 426 Å². The quantitative estimate of drug-likeness (QED) is 0.136. The average Bonchev–Trinajstić information content (AvgIpc) is 1.51. The van der Waals surface area contributed by atoms with E-state index in [1.807, 2.05) is 18.2 Å². The van der Waals surface area contributed by atoms with Gasteiger partial charge in [-0.05, 0) is 191 Å². The second kappa shape index (κ2) is 33.6. The van der Waals surface area contributed by atoms with Crippen LogP contribution in [0.4, 0.5) is 0 Å². The second-order valence-corrected chi connectivity index (χ2v) is 40.0. The van der Waals surface area contributed by atoms with Crippen molar-refractivity contribution in [3.63, 3.8) is 0 Å². The van der Waals surface area contributed by atoms with Crippen LogP contribution in [0.25, 0.3) is 254 Å². The van der Waals surface area contributed by atoms with Crippen molar-refractivity contribution in [2.75, 3.05) is 0 Å². The van der Waals surface area contributed by atoms with Gasteiger partial charge in [-0.25, -0.2) is 19.9 Å². The number of fused-ring (bicyclic) bond motifs is 30. The summed E-state index contributed by atoms with van der Waals surface area (Å²) in [6.45, 7) is 4.68. The van der Waals surface area contributed by atoms with Gasteiger partial charge < -0.3 is 13.6 Å². The monoisotopic (exact) mass is 1900 g/mol. The molecule has 0 saturated heterocycles. The summed E-state index contributed by atoms with van der Waals surface area (Å²) in [5.74, 6) is 1.35. The SMILES string of the molecule is CC1(C)c2ccccc2-c2cc3c4c5ccccc5ccc4n(-c4nc(-c5ccccc5)c5ccccc5n4)c3cc21.c1ccc(-c2ccccc2-n2c3ccccc3c3c4c5c6ccccc6ccc5n(-c5nc(-c6ccccc6)c6ccccc6n5)c4ccc32)cc1.c1ccc(C2(c3ccccc3)c3cc4ccccc4cc3-c3c2ccc2c4ccccc4n(-c4cccc(-c5cccc6c5oc5ccccc56)c4)c32)cc1. The van der Waals surface area contributed by atoms with E-state index in [9.17, 15) is 0 Å². The molecule has 0 spiro atoms. The van der Waals surface area contributed by atoms with Gasteiger partial charge in [0.2, 0.25) is 11.9 Å². The molecule has 7 heterocycles. The van der Waals surface area contributed by atoms with Crippen LogP contribution in [0.2, 0.25) is 0 Å². The van der Waals surface area contributed by atoms with Crippen LogP contribution in [-0.2, 0) is 10.8 Å². The predicted octanol–water partition coefficient (Wildman–Crippen LogP) is 36.0. The average molecular weight is 1900 g/mol. The topological polar surface area (TPSA) is 84.4 Å². The van der Waals surface area contributed by atoms with Crippen molar-refractivity contribution in [2.24, 2.45) is 0 Å². The molecule has 7 aromatic heterocycles. The minimum atomic E-state index is -0.522. The molecule has 32 rings (SSSR count). The fraction of sp³-hybridized carbons (Fsp3) is 0.0286. The lowest BCUT2D eigenvalue weighted by Gasteiger charge is -2.34. The largest absolute Gasteiger partial charge is 0.455 e. The van der Waals surface area contributed by atoms with Crippen molar-refractivity contribution < 1.29 is 4.42 Å². The van der Waals surface area contributed by atoms with Crippen molar-refractivity contribution >= 4 is 163 Å². The van der Waals surface area contributed by atoms with Gasteiger partial charge in [-0.15, -0.1) is 0 Å². The molecule has 0 unspecified atom stereocenters. The van der Waals surface area contributed by atoms with Gasteiger partial charge in [0.1, 0.15) is 11.2 Å². The molecule has 0 radical (unpaired) electrons. The summed E-state index contributed by atoms with van der Waals surface area (Å²) in [5, 5.41) is 21.5. The van der Waals surface area contributed by atoms with E-state index in [0.29, 0.717) is 11.9 Å². The molecule has 2 aliphatic rings. The number of furan rings is 1. The molecule has 0 aliphatic heterocycles. The molecule has 0 bridgehead atoms. The molecular weight excluding hydrogens is 1810 g/mol. The number of para-hydroxylation sites is 7. The van der Waals surface area contributed by atoms with Gasteiger partial charge in [-0.3, -0.25) is 9.13 Å². The summed E-state index contributed by atoms with van der Waals surface area (Å²) in [6.07, 6.45) is 0. The van der Waals surface area contributed by atoms with E-state index in [-0.39, 0.29) is 5.41 Å². The summed E-state index contributed by atoms with van der Waals surface area (Å²) in [7, 11) is 0. The Hall–Kier alpha value is -19.5. The van der Waals surface area contributed by atoms with Crippen molar-refractivity contribution in [3.05, 3.63) is 543 Å². The highest BCUT2D eigenvalue weighted by Gasteiger charge is 2.48. The molecule has 9 nitrogen and oxygen atoms in total. The smallest absolute Gasteiger partial charge is 0.235 e. The summed E-state index contributed by atoms with van der Waals surface area (Å²) >= 11 is 0. The van der Waals surface area contributed by atoms with Gasteiger partial charge in [0.25, 0.3) is 0 Å². The number of hydrogen-bond acceptors (Lipinski definition) is 5. The zero-order valence-corrected chi connectivity index (χ0v) is 81.5. The highest BCUT2D eigenvalue weighted by molar-refractivity contribution is 6.34. The molecule has 0 saturated carbocycles. The number of nitrogens with zero attached hydrogens (tertiary/aromatic N) is 8. The maximum Gasteiger partial charge on any atom is 0.235 e. The first-order valence-electron chi connectivity index (χ1n) is 51.2. The highest BCUT2D eigenvalue weighted by atomic mass is 16.3. The van der Waals surface area contributed by atoms with Crippen LogP contribution in [0, 0.1) is 0 Å². The molecule has 2 aliphatic carbocycles. The lowest BCUT2D eigenvalue weighted by Crippen LogP contribution is -2.28. The molecule has 30 aromatic rings. The maximum absolute atomic E-state index is 6.54. The molecule has 0 atom stereocenters. The molecule has 696 valence electrons. The van der Waals surface area contributed by atoms with Gasteiger partial charge in [-0.2, -0.15) is 0 Å². The molecule has 0 amide bonds. The van der Waals surface area contributed by atoms with E-state index < -0.39 is 5.41 Å². The Balaban J connectivity index is 0.000000104. The number of rotatable bonds is 10. The Morgan fingerprint density at radius 3 is 1.34 bits per heavy atom. The van der Waals surface area contributed by atoms with Crippen LogP contribution in [0.5, 0.6) is 0 Å². The Kier molecular flexibility index (Phi) is 19.2. The first kappa shape index (κ1) is 85.1. The summed E-state index contributed by atoms with van der Waals surface area (Å²) in [6, 6.07) is 184. The van der Waals surface area contributed by atoms with Crippen LogP contribution in [0.3, 0.4) is 0 Å². The normalized spacial score (nSPS) is 12.9. The van der Waals surface area contributed by atoms with Gasteiger partial charge >= 0.3 is 0 Å². The first-order chi connectivity index (χ1) is 73.7. The summed E-state index contributed by atoms with van der Waals surface area (Å²) in [5.41, 5.74) is 36.1. The molecule has 149 heavy (non-hydrogen) atoms. The Morgan fingerprint density at radius 1 is 0.221 bits per heavy atom. The molecule has 9 heteroatoms. The maximum atomic E-state index is 6.54. The molecular formula is C140H90N8O. The van der Waals surface area contributed by atoms with Gasteiger partial charge in [0.15, 0.2) is 0 Å². The Labute approximate surface area is 857 Å². The second-order valence-electron chi connectivity index (χ2n) is 40.0. The predicted molar refractivity (Wildman–Crippen MR) is 619 cm³/mol. The fourth-order valence-corrected chi connectivity index (χ4v) is 25.3. The molecule has 23 aromatic carbocycles. The van der Waals surface area contributed by atoms with Crippen LogP contribution in [-0.4, -0.2) is 38.2 Å². The van der Waals surface area contributed by atoms with E-state index in [2.05, 4.69) is 523 Å². The lowest BCUT2D eigenvalue weighted by molar-refractivity contribution is 0.661. The minimum absolute atomic E-state index is 0.108.